The number of aliphatic hydroxyl groups excluding tert-OH is 1. The second-order valence-electron chi connectivity index (χ2n) is 2.91. The molecule has 1 aromatic carbocycles. The van der Waals surface area contributed by atoms with Crippen molar-refractivity contribution in [1.29, 1.82) is 0 Å². The number of rotatable bonds is 3. The van der Waals surface area contributed by atoms with Crippen LogP contribution in [-0.4, -0.2) is 22.3 Å². The minimum Gasteiger partial charge on any atom is -0.362 e. The lowest BCUT2D eigenvalue weighted by Crippen LogP contribution is -2.24. The minimum absolute atomic E-state index is 0.471. The Hall–Kier alpha value is -1.19. The summed E-state index contributed by atoms with van der Waals surface area (Å²) in [6.45, 7) is 1.65. The SMILES string of the molecule is CC(C(=O)C(O)O)c1ccccc1. The van der Waals surface area contributed by atoms with Gasteiger partial charge >= 0.3 is 0 Å². The van der Waals surface area contributed by atoms with Gasteiger partial charge in [-0.15, -0.1) is 0 Å². The van der Waals surface area contributed by atoms with E-state index in [1.54, 1.807) is 19.1 Å². The molecule has 0 radical (unpaired) electrons. The monoisotopic (exact) mass is 180 g/mol. The van der Waals surface area contributed by atoms with Gasteiger partial charge in [0.05, 0.1) is 0 Å². The van der Waals surface area contributed by atoms with Gasteiger partial charge < -0.3 is 10.2 Å². The molecule has 0 spiro atoms. The third kappa shape index (κ3) is 2.37. The average molecular weight is 180 g/mol. The van der Waals surface area contributed by atoms with Crippen LogP contribution in [0.3, 0.4) is 0 Å². The highest BCUT2D eigenvalue weighted by Crippen LogP contribution is 2.16. The lowest BCUT2D eigenvalue weighted by molar-refractivity contribution is -0.146. The second-order valence-corrected chi connectivity index (χ2v) is 2.91. The molecular formula is C10H12O3. The van der Waals surface area contributed by atoms with E-state index in [4.69, 9.17) is 10.2 Å². The zero-order valence-electron chi connectivity index (χ0n) is 7.34. The van der Waals surface area contributed by atoms with Crippen LogP contribution >= 0.6 is 0 Å². The van der Waals surface area contributed by atoms with Gasteiger partial charge in [-0.25, -0.2) is 0 Å². The van der Waals surface area contributed by atoms with Crippen LogP contribution in [0.1, 0.15) is 18.4 Å². The summed E-state index contributed by atoms with van der Waals surface area (Å²) in [5.41, 5.74) is 0.792. The maximum absolute atomic E-state index is 11.1. The van der Waals surface area contributed by atoms with Gasteiger partial charge in [-0.2, -0.15) is 0 Å². The number of aliphatic hydroxyl groups is 2. The number of ketones is 1. The van der Waals surface area contributed by atoms with E-state index in [2.05, 4.69) is 0 Å². The number of benzene rings is 1. The van der Waals surface area contributed by atoms with Crippen LogP contribution in [-0.2, 0) is 4.79 Å². The Morgan fingerprint density at radius 3 is 2.23 bits per heavy atom. The Kier molecular flexibility index (Phi) is 3.17. The van der Waals surface area contributed by atoms with Crippen molar-refractivity contribution in [1.82, 2.24) is 0 Å². The zero-order valence-corrected chi connectivity index (χ0v) is 7.34. The van der Waals surface area contributed by atoms with Crippen molar-refractivity contribution in [2.75, 3.05) is 0 Å². The lowest BCUT2D eigenvalue weighted by Gasteiger charge is -2.11. The largest absolute Gasteiger partial charge is 0.362 e. The van der Waals surface area contributed by atoms with Crippen LogP contribution in [0.25, 0.3) is 0 Å². The molecule has 0 aromatic heterocycles. The van der Waals surface area contributed by atoms with E-state index < -0.39 is 18.0 Å². The fourth-order valence-corrected chi connectivity index (χ4v) is 1.13. The first-order valence-corrected chi connectivity index (χ1v) is 4.07. The van der Waals surface area contributed by atoms with Gasteiger partial charge in [0.1, 0.15) is 0 Å². The highest BCUT2D eigenvalue weighted by molar-refractivity contribution is 5.87. The molecule has 3 nitrogen and oxygen atoms in total. The molecule has 0 aliphatic carbocycles. The molecule has 0 aliphatic rings. The fourth-order valence-electron chi connectivity index (χ4n) is 1.13. The molecular weight excluding hydrogens is 168 g/mol. The van der Waals surface area contributed by atoms with Crippen LogP contribution in [0.4, 0.5) is 0 Å². The summed E-state index contributed by atoms with van der Waals surface area (Å²) >= 11 is 0. The van der Waals surface area contributed by atoms with E-state index in [-0.39, 0.29) is 0 Å². The number of hydrogen-bond acceptors (Lipinski definition) is 3. The number of hydrogen-bond donors (Lipinski definition) is 2. The predicted octanol–water partition coefficient (Wildman–Crippen LogP) is 0.670. The molecule has 0 aliphatic heterocycles. The number of carbonyl (C=O) groups is 1. The first-order valence-electron chi connectivity index (χ1n) is 4.07. The summed E-state index contributed by atoms with van der Waals surface area (Å²) in [7, 11) is 0. The molecule has 0 heterocycles. The molecule has 13 heavy (non-hydrogen) atoms. The molecule has 1 aromatic rings. The molecule has 1 atom stereocenters. The molecule has 0 bridgehead atoms. The van der Waals surface area contributed by atoms with E-state index in [0.29, 0.717) is 0 Å². The Morgan fingerprint density at radius 2 is 1.77 bits per heavy atom. The van der Waals surface area contributed by atoms with Gasteiger partial charge in [0.15, 0.2) is 5.78 Å². The van der Waals surface area contributed by atoms with Gasteiger partial charge in [0.25, 0.3) is 0 Å². The summed E-state index contributed by atoms with van der Waals surface area (Å²) in [6, 6.07) is 9.03. The summed E-state index contributed by atoms with van der Waals surface area (Å²) in [4.78, 5) is 11.1. The fraction of sp³-hybridized carbons (Fsp3) is 0.300. The van der Waals surface area contributed by atoms with E-state index in [9.17, 15) is 4.79 Å². The lowest BCUT2D eigenvalue weighted by atomic mass is 9.96. The normalized spacial score (nSPS) is 12.9. The molecule has 0 amide bonds. The maximum Gasteiger partial charge on any atom is 0.213 e. The van der Waals surface area contributed by atoms with Crippen LogP contribution < -0.4 is 0 Å². The van der Waals surface area contributed by atoms with Crippen molar-refractivity contribution in [3.8, 4) is 0 Å². The third-order valence-corrected chi connectivity index (χ3v) is 1.98. The number of Topliss-reactive ketones (excluding diaryl/α,β-unsaturated/α-hetero) is 1. The maximum atomic E-state index is 11.1. The first-order chi connectivity index (χ1) is 6.13. The Labute approximate surface area is 76.6 Å². The Bertz CT molecular complexity index is 279. The first kappa shape index (κ1) is 9.89. The zero-order chi connectivity index (χ0) is 9.84. The smallest absolute Gasteiger partial charge is 0.213 e. The summed E-state index contributed by atoms with van der Waals surface area (Å²) in [6.07, 6.45) is -1.88. The molecule has 3 heteroatoms. The minimum atomic E-state index is -1.88. The average Bonchev–Trinajstić information content (AvgIpc) is 2.17. The summed E-state index contributed by atoms with van der Waals surface area (Å²) < 4.78 is 0. The molecule has 0 saturated carbocycles. The number of carbonyl (C=O) groups excluding carboxylic acids is 1. The molecule has 2 N–H and O–H groups in total. The third-order valence-electron chi connectivity index (χ3n) is 1.98. The van der Waals surface area contributed by atoms with Crippen molar-refractivity contribution in [2.24, 2.45) is 0 Å². The molecule has 0 fully saturated rings. The van der Waals surface area contributed by atoms with Gasteiger partial charge in [-0.1, -0.05) is 37.3 Å². The van der Waals surface area contributed by atoms with Crippen LogP contribution in [0.5, 0.6) is 0 Å². The molecule has 0 saturated heterocycles. The molecule has 1 unspecified atom stereocenters. The van der Waals surface area contributed by atoms with E-state index in [0.717, 1.165) is 5.56 Å². The van der Waals surface area contributed by atoms with Crippen molar-refractivity contribution < 1.29 is 15.0 Å². The van der Waals surface area contributed by atoms with E-state index in [1.807, 2.05) is 18.2 Å². The van der Waals surface area contributed by atoms with Crippen LogP contribution in [0.2, 0.25) is 0 Å². The second kappa shape index (κ2) is 4.16. The van der Waals surface area contributed by atoms with E-state index in [1.165, 1.54) is 0 Å². The van der Waals surface area contributed by atoms with Gasteiger partial charge in [0.2, 0.25) is 6.29 Å². The Balaban J connectivity index is 2.80. The van der Waals surface area contributed by atoms with Crippen molar-refractivity contribution in [3.63, 3.8) is 0 Å². The highest BCUT2D eigenvalue weighted by atomic mass is 16.5. The standard InChI is InChI=1S/C10H12O3/c1-7(9(11)10(12)13)8-5-3-2-4-6-8/h2-7,10,12-13H,1H3. The Morgan fingerprint density at radius 1 is 1.23 bits per heavy atom. The van der Waals surface area contributed by atoms with Crippen LogP contribution in [0, 0.1) is 0 Å². The highest BCUT2D eigenvalue weighted by Gasteiger charge is 2.20. The predicted molar refractivity (Wildman–Crippen MR) is 48.1 cm³/mol. The van der Waals surface area contributed by atoms with Gasteiger partial charge in [0, 0.05) is 5.92 Å². The molecule has 1 rings (SSSR count). The summed E-state index contributed by atoms with van der Waals surface area (Å²) in [5.74, 6) is -1.05. The van der Waals surface area contributed by atoms with E-state index >= 15 is 0 Å². The van der Waals surface area contributed by atoms with Crippen molar-refractivity contribution >= 4 is 5.78 Å². The molecule has 70 valence electrons. The van der Waals surface area contributed by atoms with Crippen molar-refractivity contribution in [2.45, 2.75) is 19.1 Å². The van der Waals surface area contributed by atoms with Crippen LogP contribution in [0.15, 0.2) is 30.3 Å². The van der Waals surface area contributed by atoms with Crippen molar-refractivity contribution in [3.05, 3.63) is 35.9 Å². The summed E-state index contributed by atoms with van der Waals surface area (Å²) in [5, 5.41) is 17.3. The van der Waals surface area contributed by atoms with Gasteiger partial charge in [-0.3, -0.25) is 4.79 Å². The quantitative estimate of drug-likeness (QED) is 0.672. The van der Waals surface area contributed by atoms with Gasteiger partial charge in [-0.05, 0) is 5.56 Å². The topological polar surface area (TPSA) is 57.5 Å².